The third kappa shape index (κ3) is 4.95. The van der Waals surface area contributed by atoms with Gasteiger partial charge in [0, 0.05) is 32.7 Å². The second kappa shape index (κ2) is 8.38. The van der Waals surface area contributed by atoms with Crippen molar-refractivity contribution in [1.82, 2.24) is 19.8 Å². The molecular formula is C19H26F3N5O. The molecule has 154 valence electrons. The van der Waals surface area contributed by atoms with Crippen LogP contribution in [-0.4, -0.2) is 65.9 Å². The van der Waals surface area contributed by atoms with Gasteiger partial charge in [-0.1, -0.05) is 19.9 Å². The summed E-state index contributed by atoms with van der Waals surface area (Å²) < 4.78 is 39.2. The molecule has 1 amide bonds. The molecule has 1 N–H and O–H groups in total. The molecule has 3 rings (SSSR count). The molecule has 0 atom stereocenters. The van der Waals surface area contributed by atoms with Gasteiger partial charge in [-0.05, 0) is 24.5 Å². The van der Waals surface area contributed by atoms with Crippen molar-refractivity contribution >= 4 is 22.8 Å². The second-order valence-corrected chi connectivity index (χ2v) is 7.55. The summed E-state index contributed by atoms with van der Waals surface area (Å²) in [5, 5.41) is 2.89. The summed E-state index contributed by atoms with van der Waals surface area (Å²) in [4.78, 5) is 20.3. The number of piperazine rings is 1. The van der Waals surface area contributed by atoms with Crippen molar-refractivity contribution in [3.05, 3.63) is 24.5 Å². The minimum absolute atomic E-state index is 0.227. The largest absolute Gasteiger partial charge is 0.401 e. The minimum Gasteiger partial charge on any atom is -0.367 e. The highest BCUT2D eigenvalue weighted by Crippen LogP contribution is 2.27. The number of para-hydroxylation sites is 1. The van der Waals surface area contributed by atoms with E-state index in [2.05, 4.69) is 24.1 Å². The van der Waals surface area contributed by atoms with Gasteiger partial charge in [-0.3, -0.25) is 9.47 Å². The molecular weight excluding hydrogens is 371 g/mol. The first kappa shape index (κ1) is 20.4. The Kier molecular flexibility index (Phi) is 6.12. The number of halogens is 3. The maximum absolute atomic E-state index is 12.6. The Morgan fingerprint density at radius 1 is 1.21 bits per heavy atom. The second-order valence-electron chi connectivity index (χ2n) is 7.55. The molecule has 0 spiro atoms. The molecule has 2 aromatic rings. The molecule has 6 nitrogen and oxygen atoms in total. The van der Waals surface area contributed by atoms with Crippen LogP contribution in [0.15, 0.2) is 24.5 Å². The van der Waals surface area contributed by atoms with Crippen molar-refractivity contribution in [1.29, 1.82) is 0 Å². The Morgan fingerprint density at radius 3 is 2.57 bits per heavy atom. The standard InChI is InChI=1S/C19H26F3N5O/c1-14(2)6-7-23-18(28)27-13-24-17-15(4-3-5-16(17)27)26-10-8-25(9-11-26)12-19(20,21)22/h3-5,13-14H,6-12H2,1-2H3,(H,23,28). The Balaban J connectivity index is 1.70. The number of carbonyl (C=O) groups is 1. The number of imidazole rings is 1. The zero-order chi connectivity index (χ0) is 20.3. The summed E-state index contributed by atoms with van der Waals surface area (Å²) in [5.41, 5.74) is 2.22. The lowest BCUT2D eigenvalue weighted by molar-refractivity contribution is -0.146. The van der Waals surface area contributed by atoms with E-state index in [0.717, 1.165) is 12.1 Å². The van der Waals surface area contributed by atoms with Crippen LogP contribution in [0, 0.1) is 5.92 Å². The molecule has 1 aromatic heterocycles. The number of rotatable bonds is 5. The molecule has 0 aliphatic carbocycles. The fraction of sp³-hybridized carbons (Fsp3) is 0.579. The molecule has 0 bridgehead atoms. The Morgan fingerprint density at radius 2 is 1.93 bits per heavy atom. The third-order valence-corrected chi connectivity index (χ3v) is 4.89. The minimum atomic E-state index is -4.18. The van der Waals surface area contributed by atoms with E-state index < -0.39 is 12.7 Å². The smallest absolute Gasteiger partial charge is 0.367 e. The number of aromatic nitrogens is 2. The van der Waals surface area contributed by atoms with Crippen LogP contribution in [0.4, 0.5) is 23.7 Å². The van der Waals surface area contributed by atoms with E-state index in [1.54, 1.807) is 0 Å². The normalized spacial score (nSPS) is 16.1. The van der Waals surface area contributed by atoms with Crippen LogP contribution >= 0.6 is 0 Å². The molecule has 1 aliphatic heterocycles. The maximum atomic E-state index is 12.6. The topological polar surface area (TPSA) is 53.4 Å². The van der Waals surface area contributed by atoms with Crippen LogP contribution in [0.2, 0.25) is 0 Å². The number of benzene rings is 1. The van der Waals surface area contributed by atoms with Gasteiger partial charge < -0.3 is 10.2 Å². The van der Waals surface area contributed by atoms with Gasteiger partial charge in [-0.15, -0.1) is 0 Å². The summed E-state index contributed by atoms with van der Waals surface area (Å²) in [6.07, 6.45) is -1.78. The fourth-order valence-corrected chi connectivity index (χ4v) is 3.39. The third-order valence-electron chi connectivity index (χ3n) is 4.89. The summed E-state index contributed by atoms with van der Waals surface area (Å²) in [5.74, 6) is 0.502. The van der Waals surface area contributed by atoms with Gasteiger partial charge in [-0.25, -0.2) is 9.78 Å². The first-order valence-corrected chi connectivity index (χ1v) is 9.53. The monoisotopic (exact) mass is 397 g/mol. The number of anilines is 1. The molecule has 28 heavy (non-hydrogen) atoms. The van der Waals surface area contributed by atoms with Gasteiger partial charge in [0.05, 0.1) is 17.7 Å². The lowest BCUT2D eigenvalue weighted by Gasteiger charge is -2.36. The van der Waals surface area contributed by atoms with Gasteiger partial charge in [0.2, 0.25) is 0 Å². The Hall–Kier alpha value is -2.29. The van der Waals surface area contributed by atoms with Crippen molar-refractivity contribution in [3.8, 4) is 0 Å². The first-order valence-electron chi connectivity index (χ1n) is 9.53. The SMILES string of the molecule is CC(C)CCNC(=O)n1cnc2c(N3CCN(CC(F)(F)F)CC3)cccc21. The van der Waals surface area contributed by atoms with E-state index in [0.29, 0.717) is 49.7 Å². The summed E-state index contributed by atoms with van der Waals surface area (Å²) >= 11 is 0. The number of fused-ring (bicyclic) bond motifs is 1. The molecule has 0 saturated carbocycles. The predicted molar refractivity (Wildman–Crippen MR) is 103 cm³/mol. The van der Waals surface area contributed by atoms with Crippen LogP contribution < -0.4 is 10.2 Å². The van der Waals surface area contributed by atoms with Crippen molar-refractivity contribution in [2.45, 2.75) is 26.4 Å². The molecule has 1 aliphatic rings. The molecule has 1 fully saturated rings. The van der Waals surface area contributed by atoms with E-state index in [9.17, 15) is 18.0 Å². The number of amides is 1. The zero-order valence-corrected chi connectivity index (χ0v) is 16.2. The lowest BCUT2D eigenvalue weighted by Crippen LogP contribution is -2.49. The van der Waals surface area contributed by atoms with Crippen molar-refractivity contribution in [2.24, 2.45) is 5.92 Å². The number of carbonyl (C=O) groups excluding carboxylic acids is 1. The van der Waals surface area contributed by atoms with E-state index >= 15 is 0 Å². The number of nitrogens with one attached hydrogen (secondary N) is 1. The Labute approximate surface area is 162 Å². The summed E-state index contributed by atoms with van der Waals surface area (Å²) in [6, 6.07) is 5.35. The van der Waals surface area contributed by atoms with Crippen LogP contribution in [0.5, 0.6) is 0 Å². The molecule has 2 heterocycles. The highest BCUT2D eigenvalue weighted by molar-refractivity contribution is 5.95. The highest BCUT2D eigenvalue weighted by atomic mass is 19.4. The van der Waals surface area contributed by atoms with Crippen LogP contribution in [0.25, 0.3) is 11.0 Å². The first-order chi connectivity index (χ1) is 13.2. The highest BCUT2D eigenvalue weighted by Gasteiger charge is 2.32. The number of nitrogens with zero attached hydrogens (tertiary/aromatic N) is 4. The van der Waals surface area contributed by atoms with Gasteiger partial charge in [0.1, 0.15) is 11.8 Å². The number of alkyl halides is 3. The van der Waals surface area contributed by atoms with Crippen molar-refractivity contribution < 1.29 is 18.0 Å². The molecule has 1 saturated heterocycles. The lowest BCUT2D eigenvalue weighted by atomic mass is 10.1. The Bertz CT molecular complexity index is 809. The molecule has 9 heteroatoms. The zero-order valence-electron chi connectivity index (χ0n) is 16.2. The quantitative estimate of drug-likeness (QED) is 0.841. The van der Waals surface area contributed by atoms with E-state index in [4.69, 9.17) is 0 Å². The average Bonchev–Trinajstić information content (AvgIpc) is 3.05. The van der Waals surface area contributed by atoms with Gasteiger partial charge >= 0.3 is 12.2 Å². The summed E-state index contributed by atoms with van der Waals surface area (Å²) in [6.45, 7) is 5.57. The van der Waals surface area contributed by atoms with Crippen LogP contribution in [0.1, 0.15) is 20.3 Å². The maximum Gasteiger partial charge on any atom is 0.401 e. The van der Waals surface area contributed by atoms with Crippen LogP contribution in [0.3, 0.4) is 0 Å². The number of hydrogen-bond donors (Lipinski definition) is 1. The van der Waals surface area contributed by atoms with E-state index in [1.807, 2.05) is 23.1 Å². The molecule has 0 radical (unpaired) electrons. The molecule has 0 unspecified atom stereocenters. The number of hydrogen-bond acceptors (Lipinski definition) is 4. The van der Waals surface area contributed by atoms with E-state index in [1.165, 1.54) is 15.8 Å². The molecule has 1 aromatic carbocycles. The van der Waals surface area contributed by atoms with Crippen LogP contribution in [-0.2, 0) is 0 Å². The fourth-order valence-electron chi connectivity index (χ4n) is 3.39. The van der Waals surface area contributed by atoms with Gasteiger partial charge in [0.15, 0.2) is 0 Å². The van der Waals surface area contributed by atoms with Gasteiger partial charge in [-0.2, -0.15) is 13.2 Å². The van der Waals surface area contributed by atoms with E-state index in [-0.39, 0.29) is 6.03 Å². The summed E-state index contributed by atoms with van der Waals surface area (Å²) in [7, 11) is 0. The average molecular weight is 397 g/mol. The predicted octanol–water partition coefficient (Wildman–Crippen LogP) is 3.32. The van der Waals surface area contributed by atoms with Crippen molar-refractivity contribution in [2.75, 3.05) is 44.2 Å². The van der Waals surface area contributed by atoms with Crippen molar-refractivity contribution in [3.63, 3.8) is 0 Å². The van der Waals surface area contributed by atoms with Gasteiger partial charge in [0.25, 0.3) is 0 Å².